The van der Waals surface area contributed by atoms with E-state index in [0.717, 1.165) is 15.2 Å². The molecule has 3 rings (SSSR count). The monoisotopic (exact) mass is 316 g/mol. The molecule has 1 unspecified atom stereocenters. The van der Waals surface area contributed by atoms with Crippen LogP contribution in [0.2, 0.25) is 0 Å². The molecule has 1 N–H and O–H groups in total. The Bertz CT molecular complexity index is 775. The molecule has 0 bridgehead atoms. The first-order chi connectivity index (χ1) is 10.6. The molecule has 22 heavy (non-hydrogen) atoms. The molecular formula is C16H16N2O3S. The van der Waals surface area contributed by atoms with Gasteiger partial charge in [0.1, 0.15) is 0 Å². The van der Waals surface area contributed by atoms with E-state index in [2.05, 4.69) is 4.98 Å². The van der Waals surface area contributed by atoms with Gasteiger partial charge in [0.05, 0.1) is 22.9 Å². The second-order valence-electron chi connectivity index (χ2n) is 5.10. The molecule has 6 heteroatoms. The van der Waals surface area contributed by atoms with Crippen molar-refractivity contribution in [3.63, 3.8) is 0 Å². The van der Waals surface area contributed by atoms with Crippen LogP contribution in [0.5, 0.6) is 0 Å². The maximum atomic E-state index is 12.3. The minimum atomic E-state index is -0.261. The largest absolute Gasteiger partial charge is 0.448 e. The fourth-order valence-electron chi connectivity index (χ4n) is 2.04. The summed E-state index contributed by atoms with van der Waals surface area (Å²) in [6.07, 6.45) is 0. The number of amides is 1. The summed E-state index contributed by atoms with van der Waals surface area (Å²) in [5.41, 5.74) is 0.915. The van der Waals surface area contributed by atoms with Gasteiger partial charge in [0.25, 0.3) is 5.91 Å². The predicted octanol–water partition coefficient (Wildman–Crippen LogP) is 3.01. The Morgan fingerprint density at radius 1 is 1.36 bits per heavy atom. The highest BCUT2D eigenvalue weighted by Gasteiger charge is 2.21. The minimum Gasteiger partial charge on any atom is -0.448 e. The zero-order chi connectivity index (χ0) is 15.7. The van der Waals surface area contributed by atoms with Gasteiger partial charge in [-0.1, -0.05) is 12.1 Å². The van der Waals surface area contributed by atoms with E-state index in [1.165, 1.54) is 16.2 Å². The SMILES string of the molecule is CC(CO)N(C)C(=O)c1ccc(-c2nc3ccccc3s2)o1. The second-order valence-corrected chi connectivity index (χ2v) is 6.13. The van der Waals surface area contributed by atoms with Crippen molar-refractivity contribution in [2.45, 2.75) is 13.0 Å². The Kier molecular flexibility index (Phi) is 3.96. The maximum Gasteiger partial charge on any atom is 0.289 e. The summed E-state index contributed by atoms with van der Waals surface area (Å²) in [7, 11) is 1.64. The molecule has 0 saturated heterocycles. The molecule has 0 aliphatic heterocycles. The molecule has 0 saturated carbocycles. The highest BCUT2D eigenvalue weighted by molar-refractivity contribution is 7.21. The number of hydrogen-bond donors (Lipinski definition) is 1. The first-order valence-corrected chi connectivity index (χ1v) is 7.75. The summed E-state index contributed by atoms with van der Waals surface area (Å²) >= 11 is 1.52. The smallest absolute Gasteiger partial charge is 0.289 e. The van der Waals surface area contributed by atoms with E-state index < -0.39 is 0 Å². The first kappa shape index (κ1) is 14.7. The number of rotatable bonds is 4. The van der Waals surface area contributed by atoms with Crippen LogP contribution in [-0.2, 0) is 0 Å². The van der Waals surface area contributed by atoms with Gasteiger partial charge in [-0.25, -0.2) is 4.98 Å². The highest BCUT2D eigenvalue weighted by Crippen LogP contribution is 2.31. The number of likely N-dealkylation sites (N-methyl/N-ethyl adjacent to an activating group) is 1. The number of carbonyl (C=O) groups excluding carboxylic acids is 1. The molecule has 2 heterocycles. The van der Waals surface area contributed by atoms with Gasteiger partial charge in [-0.2, -0.15) is 0 Å². The van der Waals surface area contributed by atoms with Gasteiger partial charge in [0, 0.05) is 7.05 Å². The number of nitrogens with zero attached hydrogens (tertiary/aromatic N) is 2. The third-order valence-electron chi connectivity index (χ3n) is 3.57. The van der Waals surface area contributed by atoms with Gasteiger partial charge in [0.2, 0.25) is 0 Å². The number of aliphatic hydroxyl groups is 1. The van der Waals surface area contributed by atoms with Crippen molar-refractivity contribution in [2.75, 3.05) is 13.7 Å². The van der Waals surface area contributed by atoms with Crippen molar-refractivity contribution in [1.82, 2.24) is 9.88 Å². The predicted molar refractivity (Wildman–Crippen MR) is 86.0 cm³/mol. The molecule has 0 fully saturated rings. The number of thiazole rings is 1. The van der Waals surface area contributed by atoms with Crippen LogP contribution in [0.15, 0.2) is 40.8 Å². The number of benzene rings is 1. The molecule has 114 valence electrons. The summed E-state index contributed by atoms with van der Waals surface area (Å²) in [5, 5.41) is 9.88. The lowest BCUT2D eigenvalue weighted by Crippen LogP contribution is -2.37. The Balaban J connectivity index is 1.88. The highest BCUT2D eigenvalue weighted by atomic mass is 32.1. The fraction of sp³-hybridized carbons (Fsp3) is 0.250. The number of hydrogen-bond acceptors (Lipinski definition) is 5. The van der Waals surface area contributed by atoms with Gasteiger partial charge >= 0.3 is 0 Å². The molecule has 2 aromatic heterocycles. The summed E-state index contributed by atoms with van der Waals surface area (Å²) in [6.45, 7) is 1.68. The van der Waals surface area contributed by atoms with Gasteiger partial charge in [-0.3, -0.25) is 4.79 Å². The van der Waals surface area contributed by atoms with Gasteiger partial charge in [-0.05, 0) is 31.2 Å². The average Bonchev–Trinajstić information content (AvgIpc) is 3.18. The van der Waals surface area contributed by atoms with Gasteiger partial charge in [0.15, 0.2) is 16.5 Å². The van der Waals surface area contributed by atoms with Crippen molar-refractivity contribution < 1.29 is 14.3 Å². The van der Waals surface area contributed by atoms with Crippen LogP contribution in [0.25, 0.3) is 21.0 Å². The standard InChI is InChI=1S/C16H16N2O3S/c1-10(9-19)18(2)16(20)13-8-7-12(21-13)15-17-11-5-3-4-6-14(11)22-15/h3-8,10,19H,9H2,1-2H3. The van der Waals surface area contributed by atoms with Crippen LogP contribution in [0.3, 0.4) is 0 Å². The van der Waals surface area contributed by atoms with Crippen molar-refractivity contribution in [3.8, 4) is 10.8 Å². The van der Waals surface area contributed by atoms with E-state index in [4.69, 9.17) is 9.52 Å². The lowest BCUT2D eigenvalue weighted by Gasteiger charge is -2.21. The van der Waals surface area contributed by atoms with Crippen molar-refractivity contribution >= 4 is 27.5 Å². The zero-order valence-electron chi connectivity index (χ0n) is 12.3. The summed E-state index contributed by atoms with van der Waals surface area (Å²) in [6, 6.07) is 11.0. The number of fused-ring (bicyclic) bond motifs is 1. The molecule has 0 spiro atoms. The van der Waals surface area contributed by atoms with E-state index >= 15 is 0 Å². The van der Waals surface area contributed by atoms with Crippen LogP contribution in [0.4, 0.5) is 0 Å². The van der Waals surface area contributed by atoms with E-state index in [0.29, 0.717) is 5.76 Å². The lowest BCUT2D eigenvalue weighted by atomic mass is 10.3. The van der Waals surface area contributed by atoms with Gasteiger partial charge < -0.3 is 14.4 Å². The summed E-state index contributed by atoms with van der Waals surface area (Å²) in [4.78, 5) is 18.2. The van der Waals surface area contributed by atoms with E-state index in [1.807, 2.05) is 24.3 Å². The van der Waals surface area contributed by atoms with Crippen molar-refractivity contribution in [2.24, 2.45) is 0 Å². The molecule has 0 aliphatic carbocycles. The van der Waals surface area contributed by atoms with Crippen molar-refractivity contribution in [3.05, 3.63) is 42.2 Å². The number of aromatic nitrogens is 1. The molecule has 0 aliphatic rings. The fourth-order valence-corrected chi connectivity index (χ4v) is 2.97. The van der Waals surface area contributed by atoms with Gasteiger partial charge in [-0.15, -0.1) is 11.3 Å². The van der Waals surface area contributed by atoms with E-state index in [9.17, 15) is 4.79 Å². The van der Waals surface area contributed by atoms with Crippen LogP contribution >= 0.6 is 11.3 Å². The van der Waals surface area contributed by atoms with E-state index in [1.54, 1.807) is 26.1 Å². The third kappa shape index (κ3) is 2.63. The quantitative estimate of drug-likeness (QED) is 0.803. The number of carbonyl (C=O) groups is 1. The number of para-hydroxylation sites is 1. The third-order valence-corrected chi connectivity index (χ3v) is 4.62. The molecule has 5 nitrogen and oxygen atoms in total. The van der Waals surface area contributed by atoms with Crippen LogP contribution in [0.1, 0.15) is 17.5 Å². The zero-order valence-corrected chi connectivity index (χ0v) is 13.1. The Labute approximate surface area is 131 Å². The molecule has 3 aromatic rings. The first-order valence-electron chi connectivity index (χ1n) is 6.94. The van der Waals surface area contributed by atoms with Crippen LogP contribution in [0, 0.1) is 0 Å². The van der Waals surface area contributed by atoms with Crippen LogP contribution in [-0.4, -0.2) is 40.6 Å². The number of aliphatic hydroxyl groups excluding tert-OH is 1. The van der Waals surface area contributed by atoms with E-state index in [-0.39, 0.29) is 24.3 Å². The normalized spacial score (nSPS) is 12.5. The Morgan fingerprint density at radius 3 is 2.86 bits per heavy atom. The average molecular weight is 316 g/mol. The molecule has 1 atom stereocenters. The molecular weight excluding hydrogens is 300 g/mol. The molecule has 1 aromatic carbocycles. The minimum absolute atomic E-state index is 0.0896. The maximum absolute atomic E-state index is 12.3. The van der Waals surface area contributed by atoms with Crippen LogP contribution < -0.4 is 0 Å². The summed E-state index contributed by atoms with van der Waals surface area (Å²) in [5.74, 6) is 0.570. The molecule has 1 amide bonds. The molecule has 0 radical (unpaired) electrons. The number of furan rings is 1. The lowest BCUT2D eigenvalue weighted by molar-refractivity contribution is 0.0651. The Hall–Kier alpha value is -2.18. The topological polar surface area (TPSA) is 66.6 Å². The van der Waals surface area contributed by atoms with Crippen molar-refractivity contribution in [1.29, 1.82) is 0 Å². The summed E-state index contributed by atoms with van der Waals surface area (Å²) < 4.78 is 6.73. The second kappa shape index (κ2) is 5.90. The Morgan fingerprint density at radius 2 is 2.14 bits per heavy atom.